The average Bonchev–Trinajstić information content (AvgIpc) is 2.90. The SMILES string of the molecule is COc1cc(OC)c(OC)cc1/C=C/C(=O)c1cc(Cl)sc1Cl. The van der Waals surface area contributed by atoms with E-state index in [0.29, 0.717) is 37.0 Å². The molecule has 0 amide bonds. The Morgan fingerprint density at radius 1 is 1.00 bits per heavy atom. The number of ether oxygens (including phenoxy) is 3. The topological polar surface area (TPSA) is 44.8 Å². The van der Waals surface area contributed by atoms with Gasteiger partial charge in [0, 0.05) is 11.6 Å². The van der Waals surface area contributed by atoms with Crippen molar-refractivity contribution in [2.75, 3.05) is 21.3 Å². The zero-order valence-corrected chi connectivity index (χ0v) is 15.0. The maximum absolute atomic E-state index is 12.2. The molecule has 2 rings (SSSR count). The van der Waals surface area contributed by atoms with Gasteiger partial charge in [0.05, 0.1) is 31.2 Å². The quantitative estimate of drug-likeness (QED) is 0.529. The van der Waals surface area contributed by atoms with Crippen LogP contribution in [0.15, 0.2) is 24.3 Å². The van der Waals surface area contributed by atoms with Crippen molar-refractivity contribution in [1.29, 1.82) is 0 Å². The lowest BCUT2D eigenvalue weighted by molar-refractivity contribution is 0.104. The minimum atomic E-state index is -0.241. The maximum atomic E-state index is 12.2. The highest BCUT2D eigenvalue weighted by Gasteiger charge is 2.13. The van der Waals surface area contributed by atoms with Crippen molar-refractivity contribution in [1.82, 2.24) is 0 Å². The molecule has 0 radical (unpaired) electrons. The van der Waals surface area contributed by atoms with Crippen molar-refractivity contribution in [3.05, 3.63) is 44.1 Å². The minimum absolute atomic E-state index is 0.241. The van der Waals surface area contributed by atoms with Crippen LogP contribution in [-0.4, -0.2) is 27.1 Å². The van der Waals surface area contributed by atoms with E-state index in [4.69, 9.17) is 37.4 Å². The number of hydrogen-bond acceptors (Lipinski definition) is 5. The fourth-order valence-corrected chi connectivity index (χ4v) is 3.42. The number of ketones is 1. The summed E-state index contributed by atoms with van der Waals surface area (Å²) in [6.45, 7) is 0. The van der Waals surface area contributed by atoms with Crippen molar-refractivity contribution >= 4 is 46.4 Å². The third kappa shape index (κ3) is 3.99. The van der Waals surface area contributed by atoms with Crippen LogP contribution in [-0.2, 0) is 0 Å². The van der Waals surface area contributed by atoms with Gasteiger partial charge < -0.3 is 14.2 Å². The molecule has 1 heterocycles. The van der Waals surface area contributed by atoms with Crippen LogP contribution in [0, 0.1) is 0 Å². The van der Waals surface area contributed by atoms with Gasteiger partial charge in [-0.2, -0.15) is 0 Å². The first-order chi connectivity index (χ1) is 11.0. The van der Waals surface area contributed by atoms with Crippen LogP contribution in [0.25, 0.3) is 6.08 Å². The van der Waals surface area contributed by atoms with E-state index in [-0.39, 0.29) is 5.78 Å². The second-order valence-corrected chi connectivity index (χ2v) is 6.67. The summed E-state index contributed by atoms with van der Waals surface area (Å²) in [5.74, 6) is 1.40. The Labute approximate surface area is 148 Å². The molecule has 0 aliphatic heterocycles. The number of carbonyl (C=O) groups is 1. The highest BCUT2D eigenvalue weighted by atomic mass is 35.5. The number of thiophene rings is 1. The molecule has 0 saturated heterocycles. The summed E-state index contributed by atoms with van der Waals surface area (Å²) in [6.07, 6.45) is 3.04. The first kappa shape index (κ1) is 17.7. The van der Waals surface area contributed by atoms with Gasteiger partial charge in [-0.05, 0) is 24.3 Å². The monoisotopic (exact) mass is 372 g/mol. The van der Waals surface area contributed by atoms with Crippen LogP contribution >= 0.6 is 34.5 Å². The molecular formula is C16H14Cl2O4S. The Bertz CT molecular complexity index is 753. The molecule has 0 unspecified atom stereocenters. The van der Waals surface area contributed by atoms with Crippen LogP contribution in [0.1, 0.15) is 15.9 Å². The van der Waals surface area contributed by atoms with E-state index in [1.54, 1.807) is 31.4 Å². The summed E-state index contributed by atoms with van der Waals surface area (Å²) in [7, 11) is 4.62. The van der Waals surface area contributed by atoms with Gasteiger partial charge in [0.15, 0.2) is 17.3 Å². The number of carbonyl (C=O) groups excluding carboxylic acids is 1. The van der Waals surface area contributed by atoms with Gasteiger partial charge in [-0.15, -0.1) is 11.3 Å². The van der Waals surface area contributed by atoms with Crippen molar-refractivity contribution in [2.45, 2.75) is 0 Å². The molecule has 0 atom stereocenters. The Hall–Kier alpha value is -1.69. The number of hydrogen-bond donors (Lipinski definition) is 0. The maximum Gasteiger partial charge on any atom is 0.188 e. The van der Waals surface area contributed by atoms with E-state index in [0.717, 1.165) is 11.3 Å². The molecule has 0 fully saturated rings. The third-order valence-electron chi connectivity index (χ3n) is 3.07. The second kappa shape index (κ2) is 7.73. The summed E-state index contributed by atoms with van der Waals surface area (Å²) in [4.78, 5) is 12.2. The van der Waals surface area contributed by atoms with E-state index >= 15 is 0 Å². The zero-order chi connectivity index (χ0) is 17.0. The van der Waals surface area contributed by atoms with Crippen LogP contribution < -0.4 is 14.2 Å². The lowest BCUT2D eigenvalue weighted by atomic mass is 10.1. The normalized spacial score (nSPS) is 10.8. The van der Waals surface area contributed by atoms with Crippen LogP contribution in [0.4, 0.5) is 0 Å². The number of halogens is 2. The largest absolute Gasteiger partial charge is 0.496 e. The Kier molecular flexibility index (Phi) is 5.93. The smallest absolute Gasteiger partial charge is 0.188 e. The Morgan fingerprint density at radius 3 is 2.13 bits per heavy atom. The summed E-state index contributed by atoms with van der Waals surface area (Å²) in [5, 5.41) is 0. The predicted molar refractivity (Wildman–Crippen MR) is 93.8 cm³/mol. The van der Waals surface area contributed by atoms with Crippen LogP contribution in [0.3, 0.4) is 0 Å². The van der Waals surface area contributed by atoms with E-state index in [1.165, 1.54) is 20.3 Å². The van der Waals surface area contributed by atoms with Crippen molar-refractivity contribution in [2.24, 2.45) is 0 Å². The fraction of sp³-hybridized carbons (Fsp3) is 0.188. The fourth-order valence-electron chi connectivity index (χ4n) is 1.95. The number of rotatable bonds is 6. The Balaban J connectivity index is 2.34. The summed E-state index contributed by atoms with van der Waals surface area (Å²) in [5.41, 5.74) is 1.05. The molecule has 4 nitrogen and oxygen atoms in total. The van der Waals surface area contributed by atoms with Crippen LogP contribution in [0.5, 0.6) is 17.2 Å². The summed E-state index contributed by atoms with van der Waals surface area (Å²) >= 11 is 13.0. The molecule has 0 aliphatic carbocycles. The van der Waals surface area contributed by atoms with Gasteiger partial charge in [0.25, 0.3) is 0 Å². The molecule has 23 heavy (non-hydrogen) atoms. The number of benzene rings is 1. The first-order valence-electron chi connectivity index (χ1n) is 6.47. The molecule has 122 valence electrons. The number of methoxy groups -OCH3 is 3. The first-order valence-corrected chi connectivity index (χ1v) is 8.04. The average molecular weight is 373 g/mol. The molecule has 0 spiro atoms. The van der Waals surface area contributed by atoms with Gasteiger partial charge in [-0.1, -0.05) is 23.2 Å². The Morgan fingerprint density at radius 2 is 1.61 bits per heavy atom. The zero-order valence-electron chi connectivity index (χ0n) is 12.7. The van der Waals surface area contributed by atoms with Gasteiger partial charge in [-0.3, -0.25) is 4.79 Å². The molecule has 7 heteroatoms. The lowest BCUT2D eigenvalue weighted by Crippen LogP contribution is -1.95. The molecule has 1 aromatic carbocycles. The van der Waals surface area contributed by atoms with Gasteiger partial charge in [0.1, 0.15) is 10.1 Å². The predicted octanol–water partition coefficient (Wildman–Crippen LogP) is 4.98. The molecule has 2 aromatic rings. The van der Waals surface area contributed by atoms with E-state index in [2.05, 4.69) is 0 Å². The van der Waals surface area contributed by atoms with Gasteiger partial charge in [-0.25, -0.2) is 0 Å². The molecule has 0 saturated carbocycles. The minimum Gasteiger partial charge on any atom is -0.496 e. The van der Waals surface area contributed by atoms with Gasteiger partial charge in [0.2, 0.25) is 0 Å². The molecule has 0 N–H and O–H groups in total. The molecular weight excluding hydrogens is 359 g/mol. The highest BCUT2D eigenvalue weighted by molar-refractivity contribution is 7.20. The molecule has 0 bridgehead atoms. The number of allylic oxidation sites excluding steroid dienone is 1. The van der Waals surface area contributed by atoms with Crippen LogP contribution in [0.2, 0.25) is 8.67 Å². The van der Waals surface area contributed by atoms with E-state index in [1.807, 2.05) is 0 Å². The van der Waals surface area contributed by atoms with Crippen molar-refractivity contribution in [3.8, 4) is 17.2 Å². The summed E-state index contributed by atoms with van der Waals surface area (Å²) in [6, 6.07) is 4.97. The van der Waals surface area contributed by atoms with Crippen molar-refractivity contribution < 1.29 is 19.0 Å². The highest BCUT2D eigenvalue weighted by Crippen LogP contribution is 2.36. The summed E-state index contributed by atoms with van der Waals surface area (Å²) < 4.78 is 16.6. The molecule has 0 aliphatic rings. The van der Waals surface area contributed by atoms with E-state index in [9.17, 15) is 4.79 Å². The standard InChI is InChI=1S/C16H14Cl2O4S/c1-20-12-8-14(22-3)13(21-2)6-9(12)4-5-11(19)10-7-15(17)23-16(10)18/h4-8H,1-3H3/b5-4+. The van der Waals surface area contributed by atoms with Crippen molar-refractivity contribution in [3.63, 3.8) is 0 Å². The van der Waals surface area contributed by atoms with Gasteiger partial charge >= 0.3 is 0 Å². The lowest BCUT2D eigenvalue weighted by Gasteiger charge is -2.12. The molecule has 1 aromatic heterocycles. The second-order valence-electron chi connectivity index (χ2n) is 4.38. The third-order valence-corrected chi connectivity index (χ3v) is 4.56. The van der Waals surface area contributed by atoms with E-state index < -0.39 is 0 Å².